The fraction of sp³-hybridized carbons (Fsp3) is 0.333. The van der Waals surface area contributed by atoms with Crippen molar-refractivity contribution in [2.24, 2.45) is 0 Å². The van der Waals surface area contributed by atoms with E-state index in [9.17, 15) is 9.59 Å². The predicted molar refractivity (Wildman–Crippen MR) is 102 cm³/mol. The largest absolute Gasteiger partial charge is 0.496 e. The molecule has 2 rings (SSSR count). The highest BCUT2D eigenvalue weighted by Crippen LogP contribution is 2.17. The van der Waals surface area contributed by atoms with E-state index in [0.717, 1.165) is 22.4 Å². The minimum absolute atomic E-state index is 0.0508. The number of aryl methyl sites for hydroxylation is 1. The summed E-state index contributed by atoms with van der Waals surface area (Å²) in [5.41, 5.74) is 3.19. The van der Waals surface area contributed by atoms with E-state index in [1.165, 1.54) is 6.92 Å². The van der Waals surface area contributed by atoms with Gasteiger partial charge in [0.1, 0.15) is 5.75 Å². The highest BCUT2D eigenvalue weighted by Gasteiger charge is 2.14. The smallest absolute Gasteiger partial charge is 0.239 e. The van der Waals surface area contributed by atoms with E-state index in [-0.39, 0.29) is 18.4 Å². The van der Waals surface area contributed by atoms with Crippen LogP contribution in [-0.4, -0.2) is 36.9 Å². The van der Waals surface area contributed by atoms with Crippen LogP contribution in [0.15, 0.2) is 48.5 Å². The Bertz CT molecular complexity index is 758. The van der Waals surface area contributed by atoms with Crippen molar-refractivity contribution >= 4 is 11.8 Å². The summed E-state index contributed by atoms with van der Waals surface area (Å²) in [7, 11) is 1.63. The zero-order valence-corrected chi connectivity index (χ0v) is 15.6. The van der Waals surface area contributed by atoms with Crippen LogP contribution in [0.25, 0.3) is 0 Å². The zero-order valence-electron chi connectivity index (χ0n) is 15.6. The highest BCUT2D eigenvalue weighted by molar-refractivity contribution is 5.83. The van der Waals surface area contributed by atoms with Gasteiger partial charge >= 0.3 is 0 Å². The third-order valence-corrected chi connectivity index (χ3v) is 4.14. The quantitative estimate of drug-likeness (QED) is 0.793. The van der Waals surface area contributed by atoms with Crippen molar-refractivity contribution in [3.05, 3.63) is 65.2 Å². The van der Waals surface area contributed by atoms with Crippen molar-refractivity contribution in [2.75, 3.05) is 20.2 Å². The molecule has 2 aromatic rings. The number of amides is 2. The first-order chi connectivity index (χ1) is 12.5. The minimum Gasteiger partial charge on any atom is -0.496 e. The Morgan fingerprint density at radius 1 is 1.12 bits per heavy atom. The molecule has 0 aliphatic heterocycles. The lowest BCUT2D eigenvalue weighted by Gasteiger charge is -2.21. The van der Waals surface area contributed by atoms with Gasteiger partial charge in [0.25, 0.3) is 0 Å². The Hall–Kier alpha value is -2.82. The summed E-state index contributed by atoms with van der Waals surface area (Å²) in [6, 6.07) is 15.7. The minimum atomic E-state index is -0.164. The van der Waals surface area contributed by atoms with Gasteiger partial charge in [0.05, 0.1) is 13.7 Å². The fourth-order valence-corrected chi connectivity index (χ4v) is 2.78. The number of nitrogens with one attached hydrogen (secondary N) is 1. The van der Waals surface area contributed by atoms with Crippen molar-refractivity contribution in [2.45, 2.75) is 26.8 Å². The van der Waals surface area contributed by atoms with Crippen molar-refractivity contribution in [3.63, 3.8) is 0 Å². The molecular weight excluding hydrogens is 328 g/mol. The molecule has 0 unspecified atom stereocenters. The van der Waals surface area contributed by atoms with E-state index in [4.69, 9.17) is 4.74 Å². The molecule has 5 nitrogen and oxygen atoms in total. The van der Waals surface area contributed by atoms with Crippen molar-refractivity contribution in [1.82, 2.24) is 10.2 Å². The van der Waals surface area contributed by atoms with Gasteiger partial charge in [-0.25, -0.2) is 0 Å². The first-order valence-corrected chi connectivity index (χ1v) is 8.69. The maximum Gasteiger partial charge on any atom is 0.239 e. The molecule has 1 N–H and O–H groups in total. The van der Waals surface area contributed by atoms with E-state index < -0.39 is 0 Å². The van der Waals surface area contributed by atoms with Crippen molar-refractivity contribution in [3.8, 4) is 5.75 Å². The number of methoxy groups -OCH3 is 1. The molecule has 0 bridgehead atoms. The Balaban J connectivity index is 1.86. The maximum atomic E-state index is 12.2. The Morgan fingerprint density at radius 3 is 2.58 bits per heavy atom. The molecule has 138 valence electrons. The molecule has 0 spiro atoms. The molecule has 2 aromatic carbocycles. The molecule has 0 radical (unpaired) electrons. The lowest BCUT2D eigenvalue weighted by atomic mass is 10.1. The van der Waals surface area contributed by atoms with Crippen LogP contribution in [0.5, 0.6) is 5.75 Å². The zero-order chi connectivity index (χ0) is 18.9. The Labute approximate surface area is 155 Å². The van der Waals surface area contributed by atoms with Gasteiger partial charge in [-0.15, -0.1) is 0 Å². The average molecular weight is 354 g/mol. The second-order valence-electron chi connectivity index (χ2n) is 6.28. The van der Waals surface area contributed by atoms with Crippen LogP contribution < -0.4 is 10.1 Å². The molecule has 0 atom stereocenters. The topological polar surface area (TPSA) is 58.6 Å². The summed E-state index contributed by atoms with van der Waals surface area (Å²) < 4.78 is 5.31. The second kappa shape index (κ2) is 9.61. The van der Waals surface area contributed by atoms with Gasteiger partial charge in [0, 0.05) is 20.0 Å². The number of carbonyl (C=O) groups is 2. The number of benzene rings is 2. The summed E-state index contributed by atoms with van der Waals surface area (Å²) in [4.78, 5) is 25.6. The third-order valence-electron chi connectivity index (χ3n) is 4.14. The van der Waals surface area contributed by atoms with Crippen LogP contribution in [0.3, 0.4) is 0 Å². The SMILES string of the molecule is COc1ccccc1CCNC(=O)CN(Cc1cccc(C)c1)C(C)=O. The van der Waals surface area contributed by atoms with Gasteiger partial charge < -0.3 is 15.0 Å². The first-order valence-electron chi connectivity index (χ1n) is 8.69. The van der Waals surface area contributed by atoms with E-state index in [0.29, 0.717) is 19.5 Å². The van der Waals surface area contributed by atoms with Crippen LogP contribution in [0.4, 0.5) is 0 Å². The number of para-hydroxylation sites is 1. The molecular formula is C21H26N2O3. The van der Waals surface area contributed by atoms with Gasteiger partial charge in [-0.2, -0.15) is 0 Å². The van der Waals surface area contributed by atoms with Gasteiger partial charge in [-0.3, -0.25) is 9.59 Å². The number of carbonyl (C=O) groups excluding carboxylic acids is 2. The summed E-state index contributed by atoms with van der Waals surface area (Å²) in [6.07, 6.45) is 0.674. The third kappa shape index (κ3) is 5.92. The van der Waals surface area contributed by atoms with Crippen molar-refractivity contribution in [1.29, 1.82) is 0 Å². The van der Waals surface area contributed by atoms with Crippen molar-refractivity contribution < 1.29 is 14.3 Å². The molecule has 2 amide bonds. The maximum absolute atomic E-state index is 12.2. The molecule has 0 fully saturated rings. The lowest BCUT2D eigenvalue weighted by molar-refractivity contribution is -0.134. The number of ether oxygens (including phenoxy) is 1. The number of hydrogen-bond donors (Lipinski definition) is 1. The Morgan fingerprint density at radius 2 is 1.88 bits per heavy atom. The monoisotopic (exact) mass is 354 g/mol. The van der Waals surface area contributed by atoms with Crippen LogP contribution in [-0.2, 0) is 22.6 Å². The first kappa shape index (κ1) is 19.5. The van der Waals surface area contributed by atoms with Gasteiger partial charge in [-0.05, 0) is 30.5 Å². The van der Waals surface area contributed by atoms with Crippen LogP contribution >= 0.6 is 0 Å². The molecule has 26 heavy (non-hydrogen) atoms. The average Bonchev–Trinajstić information content (AvgIpc) is 2.61. The lowest BCUT2D eigenvalue weighted by Crippen LogP contribution is -2.39. The van der Waals surface area contributed by atoms with E-state index in [1.807, 2.05) is 55.5 Å². The number of rotatable bonds is 8. The molecule has 0 heterocycles. The van der Waals surface area contributed by atoms with Gasteiger partial charge in [0.2, 0.25) is 11.8 Å². The van der Waals surface area contributed by atoms with Gasteiger partial charge in [0.15, 0.2) is 0 Å². The summed E-state index contributed by atoms with van der Waals surface area (Å²) >= 11 is 0. The second-order valence-corrected chi connectivity index (χ2v) is 6.28. The Kier molecular flexibility index (Phi) is 7.21. The van der Waals surface area contributed by atoms with E-state index >= 15 is 0 Å². The molecule has 0 saturated heterocycles. The van der Waals surface area contributed by atoms with E-state index in [1.54, 1.807) is 12.0 Å². The number of hydrogen-bond acceptors (Lipinski definition) is 3. The normalized spacial score (nSPS) is 10.3. The fourth-order valence-electron chi connectivity index (χ4n) is 2.78. The summed E-state index contributed by atoms with van der Waals surface area (Å²) in [5, 5.41) is 2.88. The highest BCUT2D eigenvalue weighted by atomic mass is 16.5. The van der Waals surface area contributed by atoms with Gasteiger partial charge in [-0.1, -0.05) is 48.0 Å². The van der Waals surface area contributed by atoms with Crippen LogP contribution in [0, 0.1) is 6.92 Å². The van der Waals surface area contributed by atoms with Crippen LogP contribution in [0.2, 0.25) is 0 Å². The predicted octanol–water partition coefficient (Wildman–Crippen LogP) is 2.71. The summed E-state index contributed by atoms with van der Waals surface area (Å²) in [5.74, 6) is 0.528. The summed E-state index contributed by atoms with van der Waals surface area (Å²) in [6.45, 7) is 4.46. The number of nitrogens with zero attached hydrogens (tertiary/aromatic N) is 1. The molecule has 0 aromatic heterocycles. The molecule has 0 aliphatic carbocycles. The van der Waals surface area contributed by atoms with E-state index in [2.05, 4.69) is 5.32 Å². The molecule has 0 saturated carbocycles. The van der Waals surface area contributed by atoms with Crippen LogP contribution in [0.1, 0.15) is 23.6 Å². The molecule has 0 aliphatic rings. The molecule has 5 heteroatoms. The standard InChI is InChI=1S/C21H26N2O3/c1-16-7-6-8-18(13-16)14-23(17(2)24)15-21(25)22-12-11-19-9-4-5-10-20(19)26-3/h4-10,13H,11-12,14-15H2,1-3H3,(H,22,25).